The third-order valence-electron chi connectivity index (χ3n) is 1.33. The van der Waals surface area contributed by atoms with Crippen molar-refractivity contribution in [3.63, 3.8) is 0 Å². The molecule has 0 unspecified atom stereocenters. The van der Waals surface area contributed by atoms with Gasteiger partial charge in [0.2, 0.25) is 0 Å². The normalized spacial score (nSPS) is 18.1. The zero-order chi connectivity index (χ0) is 7.61. The van der Waals surface area contributed by atoms with Crippen LogP contribution in [0.15, 0.2) is 18.1 Å². The summed E-state index contributed by atoms with van der Waals surface area (Å²) in [5, 5.41) is 0. The lowest BCUT2D eigenvalue weighted by Crippen LogP contribution is -2.10. The molecule has 0 fully saturated rings. The number of nitrogens with zero attached hydrogens (tertiary/aromatic N) is 2. The maximum atomic E-state index is 4.18. The van der Waals surface area contributed by atoms with Crippen molar-refractivity contribution in [2.75, 3.05) is 0 Å². The molecule has 0 saturated carbocycles. The lowest BCUT2D eigenvalue weighted by Gasteiger charge is -2.18. The highest BCUT2D eigenvalue weighted by Gasteiger charge is 2.15. The van der Waals surface area contributed by atoms with Crippen LogP contribution in [-0.2, 0) is 0 Å². The molecule has 0 aromatic heterocycles. The number of hydrogen-bond donors (Lipinski definition) is 0. The number of halogens is 1. The van der Waals surface area contributed by atoms with E-state index >= 15 is 0 Å². The van der Waals surface area contributed by atoms with Gasteiger partial charge >= 0.3 is 0 Å². The molecule has 0 atom stereocenters. The Kier molecular flexibility index (Phi) is 2.33. The zero-order valence-electron chi connectivity index (χ0n) is 6.43. The van der Waals surface area contributed by atoms with Crippen molar-refractivity contribution in [1.82, 2.24) is 0 Å². The zero-order valence-corrected chi connectivity index (χ0v) is 8.58. The summed E-state index contributed by atoms with van der Waals surface area (Å²) in [5.74, 6) is 0. The minimum Gasteiger partial charge on any atom is -0.212 e. The largest absolute Gasteiger partial charge is 0.212 e. The Morgan fingerprint density at radius 2 is 2.10 bits per heavy atom. The first-order valence-electron chi connectivity index (χ1n) is 3.18. The SMILES string of the molecule is CC(C)(C)C1=CN=IN=C1. The van der Waals surface area contributed by atoms with Crippen LogP contribution in [0.1, 0.15) is 20.8 Å². The second kappa shape index (κ2) is 2.90. The molecule has 56 valence electrons. The van der Waals surface area contributed by atoms with Gasteiger partial charge in [0.15, 0.2) is 0 Å². The number of hydrogen-bond acceptors (Lipinski definition) is 2. The Bertz CT molecular complexity index is 208. The van der Waals surface area contributed by atoms with Crippen LogP contribution in [0, 0.1) is 5.41 Å². The average Bonchev–Trinajstić information content (AvgIpc) is 1.88. The van der Waals surface area contributed by atoms with E-state index in [0.717, 1.165) is 0 Å². The molecule has 10 heavy (non-hydrogen) atoms. The van der Waals surface area contributed by atoms with Crippen LogP contribution in [-0.4, -0.2) is 6.21 Å². The molecule has 3 heteroatoms. The van der Waals surface area contributed by atoms with Crippen LogP contribution in [0.4, 0.5) is 0 Å². The fraction of sp³-hybridized carbons (Fsp3) is 0.571. The molecule has 0 spiro atoms. The minimum absolute atomic E-state index is 0.206. The Balaban J connectivity index is 2.85. The van der Waals surface area contributed by atoms with E-state index in [2.05, 4.69) is 27.1 Å². The minimum atomic E-state index is -0.243. The van der Waals surface area contributed by atoms with Gasteiger partial charge in [-0.15, -0.1) is 0 Å². The number of rotatable bonds is 0. The van der Waals surface area contributed by atoms with E-state index in [1.807, 2.05) is 12.4 Å². The highest BCUT2D eigenvalue weighted by Crippen LogP contribution is 2.26. The third-order valence-corrected chi connectivity index (χ3v) is 2.38. The van der Waals surface area contributed by atoms with Gasteiger partial charge in [0.05, 0.1) is 0 Å². The molecule has 2 nitrogen and oxygen atoms in total. The molecular formula is C7H11IN2. The first kappa shape index (κ1) is 8.04. The van der Waals surface area contributed by atoms with Crippen molar-refractivity contribution in [2.45, 2.75) is 20.8 Å². The summed E-state index contributed by atoms with van der Waals surface area (Å²) in [7, 11) is 0. The molecule has 1 aliphatic rings. The summed E-state index contributed by atoms with van der Waals surface area (Å²) in [6.07, 6.45) is 3.92. The molecule has 0 aromatic carbocycles. The molecular weight excluding hydrogens is 239 g/mol. The molecule has 0 aliphatic carbocycles. The predicted octanol–water partition coefficient (Wildman–Crippen LogP) is 3.07. The van der Waals surface area contributed by atoms with Crippen LogP contribution < -0.4 is 0 Å². The van der Waals surface area contributed by atoms with E-state index in [-0.39, 0.29) is 26.7 Å². The van der Waals surface area contributed by atoms with Crippen LogP contribution >= 0.6 is 21.3 Å². The van der Waals surface area contributed by atoms with Gasteiger partial charge in [-0.1, -0.05) is 20.8 Å². The van der Waals surface area contributed by atoms with Gasteiger partial charge in [0, 0.05) is 12.4 Å². The maximum Gasteiger partial charge on any atom is 0.142 e. The number of allylic oxidation sites excluding steroid dienone is 1. The Labute approximate surface area is 71.9 Å². The summed E-state index contributed by atoms with van der Waals surface area (Å²) in [6.45, 7) is 6.51. The molecule has 1 heterocycles. The van der Waals surface area contributed by atoms with Crippen molar-refractivity contribution >= 4 is 27.5 Å². The smallest absolute Gasteiger partial charge is 0.142 e. The van der Waals surface area contributed by atoms with E-state index in [4.69, 9.17) is 0 Å². The average molecular weight is 250 g/mol. The van der Waals surface area contributed by atoms with Crippen molar-refractivity contribution < 1.29 is 0 Å². The fourth-order valence-corrected chi connectivity index (χ4v) is 1.59. The summed E-state index contributed by atoms with van der Waals surface area (Å²) in [6, 6.07) is 0. The van der Waals surface area contributed by atoms with Crippen LogP contribution in [0.2, 0.25) is 0 Å². The highest BCUT2D eigenvalue weighted by molar-refractivity contribution is 14.1. The van der Waals surface area contributed by atoms with Gasteiger partial charge in [-0.3, -0.25) is 0 Å². The van der Waals surface area contributed by atoms with E-state index in [0.29, 0.717) is 0 Å². The highest BCUT2D eigenvalue weighted by atomic mass is 127. The second-order valence-electron chi connectivity index (χ2n) is 3.23. The van der Waals surface area contributed by atoms with Crippen molar-refractivity contribution in [3.8, 4) is 0 Å². The first-order chi connectivity index (χ1) is 4.61. The quantitative estimate of drug-likeness (QED) is 0.590. The van der Waals surface area contributed by atoms with E-state index in [1.54, 1.807) is 0 Å². The molecule has 0 N–H and O–H groups in total. The lowest BCUT2D eigenvalue weighted by molar-refractivity contribution is 0.526. The fourth-order valence-electron chi connectivity index (χ4n) is 0.595. The summed E-state index contributed by atoms with van der Waals surface area (Å²) < 4.78 is 8.35. The van der Waals surface area contributed by atoms with Crippen LogP contribution in [0.5, 0.6) is 0 Å². The van der Waals surface area contributed by atoms with E-state index < -0.39 is 0 Å². The molecule has 1 aliphatic heterocycles. The lowest BCUT2D eigenvalue weighted by atomic mass is 9.88. The van der Waals surface area contributed by atoms with Crippen molar-refractivity contribution in [1.29, 1.82) is 0 Å². The Morgan fingerprint density at radius 3 is 2.40 bits per heavy atom. The van der Waals surface area contributed by atoms with Crippen molar-refractivity contribution in [2.24, 2.45) is 11.8 Å². The summed E-state index contributed by atoms with van der Waals surface area (Å²) in [4.78, 5) is 0. The molecule has 0 radical (unpaired) electrons. The summed E-state index contributed by atoms with van der Waals surface area (Å²) >= 11 is -0.243. The predicted molar refractivity (Wildman–Crippen MR) is 52.5 cm³/mol. The molecule has 0 amide bonds. The van der Waals surface area contributed by atoms with Gasteiger partial charge in [-0.05, 0) is 11.0 Å². The standard InChI is InChI=1S/C7H11IN2/c1-7(2,3)6-4-9-8-10-5-6/h4-5H,1-3H3. The van der Waals surface area contributed by atoms with Crippen LogP contribution in [0.3, 0.4) is 0 Å². The maximum absolute atomic E-state index is 4.18. The van der Waals surface area contributed by atoms with Gasteiger partial charge in [-0.25, -0.2) is 6.35 Å². The van der Waals surface area contributed by atoms with Gasteiger partial charge in [-0.2, -0.15) is 0 Å². The third kappa shape index (κ3) is 1.97. The van der Waals surface area contributed by atoms with Gasteiger partial charge < -0.3 is 0 Å². The summed E-state index contributed by atoms with van der Waals surface area (Å²) in [5.41, 5.74) is 1.44. The first-order valence-corrected chi connectivity index (χ1v) is 5.11. The van der Waals surface area contributed by atoms with E-state index in [1.165, 1.54) is 5.57 Å². The van der Waals surface area contributed by atoms with Crippen molar-refractivity contribution in [3.05, 3.63) is 11.8 Å². The second-order valence-corrected chi connectivity index (χ2v) is 4.78. The van der Waals surface area contributed by atoms with Crippen LogP contribution in [0.25, 0.3) is 0 Å². The van der Waals surface area contributed by atoms with Gasteiger partial charge in [0.25, 0.3) is 0 Å². The Morgan fingerprint density at radius 1 is 1.40 bits per heavy atom. The molecule has 1 rings (SSSR count). The molecule has 0 bridgehead atoms. The topological polar surface area (TPSA) is 24.7 Å². The molecule has 0 saturated heterocycles. The molecule has 0 aromatic rings. The van der Waals surface area contributed by atoms with Gasteiger partial charge in [0.1, 0.15) is 21.3 Å². The monoisotopic (exact) mass is 250 g/mol. The van der Waals surface area contributed by atoms with E-state index in [9.17, 15) is 0 Å². The Hall–Kier alpha value is -0.0600.